The lowest BCUT2D eigenvalue weighted by molar-refractivity contribution is 0.0610. The number of ether oxygens (including phenoxy) is 1. The molecule has 1 amide bonds. The fraction of sp³-hybridized carbons (Fsp3) is 0.684. The van der Waals surface area contributed by atoms with Crippen molar-refractivity contribution in [3.8, 4) is 0 Å². The molecule has 0 spiro atoms. The third-order valence-corrected chi connectivity index (χ3v) is 5.82. The second-order valence-corrected chi connectivity index (χ2v) is 7.60. The Labute approximate surface area is 158 Å². The molecule has 27 heavy (non-hydrogen) atoms. The summed E-state index contributed by atoms with van der Waals surface area (Å²) in [6, 6.07) is 1.79. The van der Waals surface area contributed by atoms with Gasteiger partial charge in [0.25, 0.3) is 5.91 Å². The molecule has 8 heteroatoms. The Hall–Kier alpha value is -2.22. The van der Waals surface area contributed by atoms with E-state index in [4.69, 9.17) is 14.2 Å². The molecule has 1 saturated carbocycles. The van der Waals surface area contributed by atoms with Gasteiger partial charge in [-0.3, -0.25) is 9.48 Å². The summed E-state index contributed by atoms with van der Waals surface area (Å²) in [6.45, 7) is 4.73. The molecule has 2 aromatic heterocycles. The molecule has 0 radical (unpaired) electrons. The van der Waals surface area contributed by atoms with Gasteiger partial charge in [0.05, 0.1) is 0 Å². The largest absolute Gasteiger partial charge is 0.385 e. The van der Waals surface area contributed by atoms with Crippen LogP contribution < -0.4 is 0 Å². The number of hydrogen-bond donors (Lipinski definition) is 0. The summed E-state index contributed by atoms with van der Waals surface area (Å²) >= 11 is 0. The van der Waals surface area contributed by atoms with E-state index in [0.717, 1.165) is 50.4 Å². The van der Waals surface area contributed by atoms with Gasteiger partial charge in [0, 0.05) is 50.9 Å². The van der Waals surface area contributed by atoms with Crippen molar-refractivity contribution >= 4 is 5.91 Å². The molecule has 0 unspecified atom stereocenters. The molecule has 1 aliphatic heterocycles. The standard InChI is InChI=1S/C19H27N5O3/c1-3-24-10-6-15(21-24)17(25)23-11-7-19(8-12-23,9-13-26-2)18-20-16(27-22-18)14-4-5-14/h6,10,14H,3-5,7-9,11-13H2,1-2H3. The molecule has 2 aromatic rings. The Morgan fingerprint density at radius 2 is 2.15 bits per heavy atom. The van der Waals surface area contributed by atoms with Gasteiger partial charge in [-0.05, 0) is 45.1 Å². The number of likely N-dealkylation sites (tertiary alicyclic amines) is 1. The molecule has 1 aliphatic carbocycles. The van der Waals surface area contributed by atoms with E-state index in [1.54, 1.807) is 17.9 Å². The first-order valence-corrected chi connectivity index (χ1v) is 9.81. The number of methoxy groups -OCH3 is 1. The van der Waals surface area contributed by atoms with Gasteiger partial charge in [0.2, 0.25) is 5.89 Å². The number of piperidine rings is 1. The van der Waals surface area contributed by atoms with Gasteiger partial charge in [-0.25, -0.2) is 0 Å². The van der Waals surface area contributed by atoms with E-state index in [1.807, 2.05) is 18.0 Å². The number of nitrogens with zero attached hydrogens (tertiary/aromatic N) is 5. The summed E-state index contributed by atoms with van der Waals surface area (Å²) in [5.74, 6) is 1.99. The smallest absolute Gasteiger partial charge is 0.274 e. The Bertz CT molecular complexity index is 787. The van der Waals surface area contributed by atoms with Gasteiger partial charge in [-0.2, -0.15) is 10.1 Å². The van der Waals surface area contributed by atoms with Crippen molar-refractivity contribution < 1.29 is 14.1 Å². The van der Waals surface area contributed by atoms with Crippen molar-refractivity contribution in [1.29, 1.82) is 0 Å². The van der Waals surface area contributed by atoms with Crippen LogP contribution in [0.4, 0.5) is 0 Å². The topological polar surface area (TPSA) is 86.3 Å². The molecular weight excluding hydrogens is 346 g/mol. The first kappa shape index (κ1) is 18.2. The monoisotopic (exact) mass is 373 g/mol. The van der Waals surface area contributed by atoms with Crippen LogP contribution >= 0.6 is 0 Å². The van der Waals surface area contributed by atoms with E-state index < -0.39 is 0 Å². The maximum Gasteiger partial charge on any atom is 0.274 e. The maximum atomic E-state index is 12.8. The first-order chi connectivity index (χ1) is 13.1. The molecule has 4 rings (SSSR count). The quantitative estimate of drug-likeness (QED) is 0.741. The lowest BCUT2D eigenvalue weighted by Gasteiger charge is -2.39. The molecule has 2 fully saturated rings. The van der Waals surface area contributed by atoms with Crippen LogP contribution in [-0.4, -0.2) is 57.5 Å². The van der Waals surface area contributed by atoms with Crippen LogP contribution in [0.2, 0.25) is 0 Å². The summed E-state index contributed by atoms with van der Waals surface area (Å²) in [6.07, 6.45) is 6.57. The highest BCUT2D eigenvalue weighted by molar-refractivity contribution is 5.92. The van der Waals surface area contributed by atoms with Crippen LogP contribution in [0.3, 0.4) is 0 Å². The molecule has 0 aromatic carbocycles. The molecule has 2 aliphatic rings. The summed E-state index contributed by atoms with van der Waals surface area (Å²) in [4.78, 5) is 19.4. The second kappa shape index (κ2) is 7.42. The lowest BCUT2D eigenvalue weighted by Crippen LogP contribution is -2.46. The van der Waals surface area contributed by atoms with Gasteiger partial charge in [0.15, 0.2) is 5.82 Å². The highest BCUT2D eigenvalue weighted by Gasteiger charge is 2.42. The Morgan fingerprint density at radius 3 is 2.78 bits per heavy atom. The van der Waals surface area contributed by atoms with Crippen molar-refractivity contribution in [1.82, 2.24) is 24.8 Å². The number of amides is 1. The fourth-order valence-electron chi connectivity index (χ4n) is 3.78. The molecule has 0 atom stereocenters. The van der Waals surface area contributed by atoms with Gasteiger partial charge < -0.3 is 14.2 Å². The molecule has 8 nitrogen and oxygen atoms in total. The molecule has 1 saturated heterocycles. The van der Waals surface area contributed by atoms with E-state index in [9.17, 15) is 4.79 Å². The molecule has 146 valence electrons. The number of aryl methyl sites for hydroxylation is 1. The minimum absolute atomic E-state index is 0.00526. The maximum absolute atomic E-state index is 12.8. The predicted octanol–water partition coefficient (Wildman–Crippen LogP) is 2.37. The van der Waals surface area contributed by atoms with Crippen molar-refractivity contribution in [2.75, 3.05) is 26.8 Å². The summed E-state index contributed by atoms with van der Waals surface area (Å²) < 4.78 is 12.6. The van der Waals surface area contributed by atoms with Gasteiger partial charge in [-0.1, -0.05) is 5.16 Å². The normalized spacial score (nSPS) is 19.4. The van der Waals surface area contributed by atoms with Gasteiger partial charge in [0.1, 0.15) is 5.69 Å². The molecular formula is C19H27N5O3. The van der Waals surface area contributed by atoms with Crippen LogP contribution in [0.25, 0.3) is 0 Å². The zero-order valence-electron chi connectivity index (χ0n) is 16.1. The average Bonchev–Trinajstić information content (AvgIpc) is 3.23. The van der Waals surface area contributed by atoms with Crippen molar-refractivity contribution in [2.24, 2.45) is 0 Å². The minimum atomic E-state index is -0.188. The third-order valence-electron chi connectivity index (χ3n) is 5.82. The first-order valence-electron chi connectivity index (χ1n) is 9.81. The van der Waals surface area contributed by atoms with Gasteiger partial charge >= 0.3 is 0 Å². The Balaban J connectivity index is 1.47. The predicted molar refractivity (Wildman–Crippen MR) is 97.5 cm³/mol. The number of hydrogen-bond acceptors (Lipinski definition) is 6. The highest BCUT2D eigenvalue weighted by atomic mass is 16.5. The summed E-state index contributed by atoms with van der Waals surface area (Å²) in [5, 5.41) is 8.65. The fourth-order valence-corrected chi connectivity index (χ4v) is 3.78. The van der Waals surface area contributed by atoms with E-state index in [0.29, 0.717) is 31.3 Å². The summed E-state index contributed by atoms with van der Waals surface area (Å²) in [7, 11) is 1.71. The van der Waals surface area contributed by atoms with Crippen molar-refractivity contribution in [3.63, 3.8) is 0 Å². The summed E-state index contributed by atoms with van der Waals surface area (Å²) in [5.41, 5.74) is 0.323. The van der Waals surface area contributed by atoms with Crippen LogP contribution in [0.1, 0.15) is 67.1 Å². The Kier molecular flexibility index (Phi) is 4.99. The molecule has 0 N–H and O–H groups in total. The number of aromatic nitrogens is 4. The zero-order valence-corrected chi connectivity index (χ0v) is 16.1. The van der Waals surface area contributed by atoms with Gasteiger partial charge in [-0.15, -0.1) is 0 Å². The van der Waals surface area contributed by atoms with Crippen molar-refractivity contribution in [3.05, 3.63) is 29.7 Å². The molecule has 3 heterocycles. The van der Waals surface area contributed by atoms with Crippen LogP contribution in [0, 0.1) is 0 Å². The molecule has 0 bridgehead atoms. The van der Waals surface area contributed by atoms with Crippen LogP contribution in [-0.2, 0) is 16.7 Å². The average molecular weight is 373 g/mol. The zero-order chi connectivity index (χ0) is 18.9. The van der Waals surface area contributed by atoms with E-state index in [1.165, 1.54) is 0 Å². The van der Waals surface area contributed by atoms with Crippen molar-refractivity contribution in [2.45, 2.75) is 56.9 Å². The lowest BCUT2D eigenvalue weighted by atomic mass is 9.75. The third kappa shape index (κ3) is 3.63. The minimum Gasteiger partial charge on any atom is -0.385 e. The van der Waals surface area contributed by atoms with Crippen LogP contribution in [0.15, 0.2) is 16.8 Å². The van der Waals surface area contributed by atoms with E-state index in [2.05, 4.69) is 10.3 Å². The number of carbonyl (C=O) groups excluding carboxylic acids is 1. The highest BCUT2D eigenvalue weighted by Crippen LogP contribution is 2.42. The Morgan fingerprint density at radius 1 is 1.37 bits per heavy atom. The van der Waals surface area contributed by atoms with E-state index in [-0.39, 0.29) is 11.3 Å². The number of carbonyl (C=O) groups is 1. The SMILES string of the molecule is CCn1ccc(C(=O)N2CCC(CCOC)(c3noc(C4CC4)n3)CC2)n1. The van der Waals surface area contributed by atoms with E-state index >= 15 is 0 Å². The number of rotatable bonds is 7. The second-order valence-electron chi connectivity index (χ2n) is 7.60. The van der Waals surface area contributed by atoms with Crippen LogP contribution in [0.5, 0.6) is 0 Å².